The third-order valence-corrected chi connectivity index (χ3v) is 8.27. The van der Waals surface area contributed by atoms with Crippen LogP contribution in [0.5, 0.6) is 0 Å². The average molecular weight is 492 g/mol. The number of sulfonamides is 1. The maximum atomic E-state index is 13.5. The van der Waals surface area contributed by atoms with Crippen LogP contribution in [-0.2, 0) is 10.0 Å². The van der Waals surface area contributed by atoms with Gasteiger partial charge in [0.2, 0.25) is 10.0 Å². The molecule has 1 fully saturated rings. The summed E-state index contributed by atoms with van der Waals surface area (Å²) in [6, 6.07) is 25.5. The van der Waals surface area contributed by atoms with Crippen molar-refractivity contribution in [2.45, 2.75) is 37.8 Å². The van der Waals surface area contributed by atoms with Gasteiger partial charge in [0.1, 0.15) is 0 Å². The first-order valence-electron chi connectivity index (χ1n) is 12.0. The number of nitrogens with zero attached hydrogens (tertiary/aromatic N) is 2. The maximum absolute atomic E-state index is 13.5. The van der Waals surface area contributed by atoms with Gasteiger partial charge >= 0.3 is 0 Å². The lowest BCUT2D eigenvalue weighted by Crippen LogP contribution is -2.49. The molecule has 0 radical (unpaired) electrons. The van der Waals surface area contributed by atoms with E-state index in [0.29, 0.717) is 31.7 Å². The molecule has 0 aromatic heterocycles. The average Bonchev–Trinajstić information content (AvgIpc) is 2.85. The monoisotopic (exact) mass is 491 g/mol. The third-order valence-electron chi connectivity index (χ3n) is 6.38. The van der Waals surface area contributed by atoms with Crippen LogP contribution in [0.4, 0.5) is 0 Å². The Morgan fingerprint density at radius 2 is 1.37 bits per heavy atom. The Morgan fingerprint density at radius 1 is 0.829 bits per heavy atom. The van der Waals surface area contributed by atoms with Crippen LogP contribution in [0.25, 0.3) is 0 Å². The fourth-order valence-corrected chi connectivity index (χ4v) is 6.03. The van der Waals surface area contributed by atoms with E-state index in [1.165, 1.54) is 21.5 Å². The zero-order valence-electron chi connectivity index (χ0n) is 20.5. The topological polar surface area (TPSA) is 69.7 Å². The van der Waals surface area contributed by atoms with Crippen LogP contribution >= 0.6 is 0 Å². The lowest BCUT2D eigenvalue weighted by atomic mass is 9.96. The summed E-state index contributed by atoms with van der Waals surface area (Å²) in [4.78, 5) is 15.1. The number of piperazine rings is 1. The largest absolute Gasteiger partial charge is 0.350 e. The van der Waals surface area contributed by atoms with E-state index in [2.05, 4.69) is 34.5 Å². The van der Waals surface area contributed by atoms with E-state index >= 15 is 0 Å². The molecule has 1 saturated heterocycles. The Bertz CT molecular complexity index is 1210. The summed E-state index contributed by atoms with van der Waals surface area (Å²) >= 11 is 0. The zero-order valence-corrected chi connectivity index (χ0v) is 21.3. The number of carbonyl (C=O) groups is 1. The van der Waals surface area contributed by atoms with E-state index in [9.17, 15) is 13.2 Å². The molecule has 0 atom stereocenters. The van der Waals surface area contributed by atoms with Crippen molar-refractivity contribution in [2.24, 2.45) is 0 Å². The molecule has 4 rings (SSSR count). The molecule has 35 heavy (non-hydrogen) atoms. The van der Waals surface area contributed by atoms with E-state index in [1.54, 1.807) is 12.1 Å². The van der Waals surface area contributed by atoms with Crippen molar-refractivity contribution >= 4 is 15.9 Å². The number of carbonyl (C=O) groups excluding carboxylic acids is 1. The van der Waals surface area contributed by atoms with Gasteiger partial charge in [0.15, 0.2) is 0 Å². The molecule has 1 N–H and O–H groups in total. The molecule has 0 unspecified atom stereocenters. The molecule has 0 spiro atoms. The first-order valence-corrected chi connectivity index (χ1v) is 13.5. The number of aryl methyl sites for hydroxylation is 1. The van der Waals surface area contributed by atoms with Crippen molar-refractivity contribution in [1.82, 2.24) is 14.5 Å². The van der Waals surface area contributed by atoms with Crippen molar-refractivity contribution < 1.29 is 13.2 Å². The number of rotatable bonds is 7. The van der Waals surface area contributed by atoms with Gasteiger partial charge in [0.05, 0.1) is 10.9 Å². The fourth-order valence-electron chi connectivity index (χ4n) is 4.58. The number of hydrogen-bond donors (Lipinski definition) is 1. The van der Waals surface area contributed by atoms with Gasteiger partial charge in [0, 0.05) is 37.8 Å². The van der Waals surface area contributed by atoms with Crippen molar-refractivity contribution in [3.05, 3.63) is 101 Å². The molecule has 3 aromatic rings. The molecule has 1 amide bonds. The smallest absolute Gasteiger partial charge is 0.251 e. The highest BCUT2D eigenvalue weighted by Gasteiger charge is 2.32. The van der Waals surface area contributed by atoms with Crippen LogP contribution in [0.1, 0.15) is 46.9 Å². The lowest BCUT2D eigenvalue weighted by Gasteiger charge is -2.39. The van der Waals surface area contributed by atoms with Gasteiger partial charge in [-0.05, 0) is 49.6 Å². The van der Waals surface area contributed by atoms with Gasteiger partial charge in [-0.3, -0.25) is 9.69 Å². The predicted octanol–water partition coefficient (Wildman–Crippen LogP) is 4.23. The summed E-state index contributed by atoms with van der Waals surface area (Å²) < 4.78 is 28.5. The van der Waals surface area contributed by atoms with Gasteiger partial charge in [0.25, 0.3) is 5.91 Å². The Labute approximate surface area is 208 Å². The highest BCUT2D eigenvalue weighted by Crippen LogP contribution is 2.30. The zero-order chi connectivity index (χ0) is 25.0. The third kappa shape index (κ3) is 5.64. The van der Waals surface area contributed by atoms with Gasteiger partial charge < -0.3 is 5.32 Å². The normalized spacial score (nSPS) is 15.5. The van der Waals surface area contributed by atoms with Crippen molar-refractivity contribution in [1.29, 1.82) is 0 Å². The molecule has 0 bridgehead atoms. The van der Waals surface area contributed by atoms with Crippen LogP contribution in [0.15, 0.2) is 83.8 Å². The second-order valence-corrected chi connectivity index (χ2v) is 11.2. The minimum atomic E-state index is -3.72. The molecule has 1 aliphatic rings. The second-order valence-electron chi connectivity index (χ2n) is 9.27. The molecule has 1 aliphatic heterocycles. The summed E-state index contributed by atoms with van der Waals surface area (Å²) in [5.41, 5.74) is 3.52. The molecular weight excluding hydrogens is 458 g/mol. The number of benzene rings is 3. The number of nitrogens with one attached hydrogen (secondary N) is 1. The quantitative estimate of drug-likeness (QED) is 0.537. The van der Waals surface area contributed by atoms with Crippen LogP contribution in [0, 0.1) is 6.92 Å². The van der Waals surface area contributed by atoms with E-state index in [-0.39, 0.29) is 22.9 Å². The summed E-state index contributed by atoms with van der Waals surface area (Å²) in [6.07, 6.45) is 0. The SMILES string of the molecule is Cc1ccc(S(=O)(=O)N2CCN(C(c3ccccc3)c3ccccc3)CC2)cc1C(=O)NC(C)C. The van der Waals surface area contributed by atoms with E-state index < -0.39 is 10.0 Å². The first kappa shape index (κ1) is 25.1. The second kappa shape index (κ2) is 10.7. The summed E-state index contributed by atoms with van der Waals surface area (Å²) in [7, 11) is -3.72. The fraction of sp³-hybridized carbons (Fsp3) is 0.321. The Kier molecular flexibility index (Phi) is 7.69. The lowest BCUT2D eigenvalue weighted by molar-refractivity contribution is 0.0942. The van der Waals surface area contributed by atoms with Gasteiger partial charge in [-0.1, -0.05) is 66.7 Å². The Hall–Kier alpha value is -3.00. The summed E-state index contributed by atoms with van der Waals surface area (Å²) in [5.74, 6) is -0.257. The van der Waals surface area contributed by atoms with Crippen molar-refractivity contribution in [3.8, 4) is 0 Å². The van der Waals surface area contributed by atoms with Crippen LogP contribution in [0.2, 0.25) is 0 Å². The molecule has 7 heteroatoms. The van der Waals surface area contributed by atoms with E-state index in [1.807, 2.05) is 57.2 Å². The Balaban J connectivity index is 1.54. The van der Waals surface area contributed by atoms with Gasteiger partial charge in [-0.25, -0.2) is 8.42 Å². The summed E-state index contributed by atoms with van der Waals surface area (Å²) in [6.45, 7) is 7.58. The van der Waals surface area contributed by atoms with Crippen LogP contribution < -0.4 is 5.32 Å². The molecule has 3 aromatic carbocycles. The molecule has 184 valence electrons. The van der Waals surface area contributed by atoms with Crippen LogP contribution in [-0.4, -0.2) is 55.8 Å². The standard InChI is InChI=1S/C28H33N3O3S/c1-21(2)29-28(32)26-20-25(15-14-22(26)3)35(33,34)31-18-16-30(17-19-31)27(23-10-6-4-7-11-23)24-12-8-5-9-13-24/h4-15,20-21,27H,16-19H2,1-3H3,(H,29,32). The highest BCUT2D eigenvalue weighted by molar-refractivity contribution is 7.89. The minimum Gasteiger partial charge on any atom is -0.350 e. The maximum Gasteiger partial charge on any atom is 0.251 e. The van der Waals surface area contributed by atoms with Gasteiger partial charge in [-0.2, -0.15) is 4.31 Å². The summed E-state index contributed by atoms with van der Waals surface area (Å²) in [5, 5.41) is 2.85. The molecule has 1 heterocycles. The number of amides is 1. The Morgan fingerprint density at radius 3 is 1.89 bits per heavy atom. The van der Waals surface area contributed by atoms with E-state index in [4.69, 9.17) is 0 Å². The minimum absolute atomic E-state index is 0.0302. The van der Waals surface area contributed by atoms with Gasteiger partial charge in [-0.15, -0.1) is 0 Å². The number of hydrogen-bond acceptors (Lipinski definition) is 4. The van der Waals surface area contributed by atoms with E-state index in [0.717, 1.165) is 5.56 Å². The molecule has 0 aliphatic carbocycles. The molecular formula is C28H33N3O3S. The molecule has 6 nitrogen and oxygen atoms in total. The van der Waals surface area contributed by atoms with Crippen molar-refractivity contribution in [2.75, 3.05) is 26.2 Å². The molecule has 0 saturated carbocycles. The van der Waals surface area contributed by atoms with Crippen LogP contribution in [0.3, 0.4) is 0 Å². The first-order chi connectivity index (χ1) is 16.8. The highest BCUT2D eigenvalue weighted by atomic mass is 32.2. The van der Waals surface area contributed by atoms with Crippen molar-refractivity contribution in [3.63, 3.8) is 0 Å². The predicted molar refractivity (Wildman–Crippen MR) is 139 cm³/mol.